The van der Waals surface area contributed by atoms with Gasteiger partial charge < -0.3 is 5.32 Å². The van der Waals surface area contributed by atoms with Gasteiger partial charge in [0.15, 0.2) is 0 Å². The van der Waals surface area contributed by atoms with Crippen LogP contribution < -0.4 is 5.32 Å². The quantitative estimate of drug-likeness (QED) is 0.899. The molecule has 3 rings (SSSR count). The molecule has 3 heteroatoms. The molecule has 0 spiro atoms. The Labute approximate surface area is 112 Å². The van der Waals surface area contributed by atoms with Gasteiger partial charge in [0, 0.05) is 29.3 Å². The first-order valence-corrected chi connectivity index (χ1v) is 8.64. The highest BCUT2D eigenvalue weighted by atomic mass is 32.2. The van der Waals surface area contributed by atoms with Gasteiger partial charge in [-0.05, 0) is 29.7 Å². The SMILES string of the molecule is c1ccc2c(c1)CSCC2NCC1CCCS1. The van der Waals surface area contributed by atoms with Crippen LogP contribution in [-0.2, 0) is 5.75 Å². The Morgan fingerprint density at radius 2 is 2.24 bits per heavy atom. The second-order valence-electron chi connectivity index (χ2n) is 4.81. The largest absolute Gasteiger partial charge is 0.308 e. The summed E-state index contributed by atoms with van der Waals surface area (Å²) in [5, 5.41) is 4.63. The number of hydrogen-bond donors (Lipinski definition) is 1. The molecule has 1 aromatic rings. The minimum atomic E-state index is 0.575. The lowest BCUT2D eigenvalue weighted by Crippen LogP contribution is -2.31. The first kappa shape index (κ1) is 11.9. The lowest BCUT2D eigenvalue weighted by Gasteiger charge is -2.27. The third-order valence-corrected chi connectivity index (χ3v) is 6.07. The van der Waals surface area contributed by atoms with Crippen molar-refractivity contribution < 1.29 is 0 Å². The van der Waals surface area contributed by atoms with Gasteiger partial charge in [0.05, 0.1) is 0 Å². The van der Waals surface area contributed by atoms with Gasteiger partial charge in [0.25, 0.3) is 0 Å². The lowest BCUT2D eigenvalue weighted by atomic mass is 10.0. The Bertz CT molecular complexity index is 374. The van der Waals surface area contributed by atoms with Crippen molar-refractivity contribution >= 4 is 23.5 Å². The Morgan fingerprint density at radius 3 is 3.12 bits per heavy atom. The molecule has 2 aliphatic rings. The van der Waals surface area contributed by atoms with E-state index >= 15 is 0 Å². The molecule has 1 aromatic carbocycles. The molecule has 17 heavy (non-hydrogen) atoms. The van der Waals surface area contributed by atoms with E-state index in [4.69, 9.17) is 0 Å². The maximum Gasteiger partial charge on any atom is 0.0415 e. The average molecular weight is 265 g/mol. The molecule has 0 amide bonds. The van der Waals surface area contributed by atoms with Gasteiger partial charge in [-0.1, -0.05) is 24.3 Å². The van der Waals surface area contributed by atoms with Crippen LogP contribution in [0.15, 0.2) is 24.3 Å². The van der Waals surface area contributed by atoms with Crippen LogP contribution in [0.1, 0.15) is 30.0 Å². The fourth-order valence-corrected chi connectivity index (χ4v) is 4.98. The molecular formula is C14H19NS2. The molecule has 2 aliphatic heterocycles. The minimum Gasteiger partial charge on any atom is -0.308 e. The van der Waals surface area contributed by atoms with E-state index in [1.165, 1.54) is 47.8 Å². The Balaban J connectivity index is 1.64. The molecule has 0 radical (unpaired) electrons. The fourth-order valence-electron chi connectivity index (χ4n) is 2.63. The highest BCUT2D eigenvalue weighted by Crippen LogP contribution is 2.32. The summed E-state index contributed by atoms with van der Waals surface area (Å²) in [7, 11) is 0. The van der Waals surface area contributed by atoms with E-state index in [0.29, 0.717) is 6.04 Å². The number of thioether (sulfide) groups is 2. The van der Waals surface area contributed by atoms with Crippen LogP contribution in [-0.4, -0.2) is 23.3 Å². The highest BCUT2D eigenvalue weighted by Gasteiger charge is 2.22. The van der Waals surface area contributed by atoms with Crippen molar-refractivity contribution in [1.82, 2.24) is 5.32 Å². The second-order valence-corrected chi connectivity index (χ2v) is 7.25. The molecule has 0 aromatic heterocycles. The molecule has 1 nitrogen and oxygen atoms in total. The van der Waals surface area contributed by atoms with E-state index in [0.717, 1.165) is 5.25 Å². The summed E-state index contributed by atoms with van der Waals surface area (Å²) in [4.78, 5) is 0. The molecule has 0 saturated carbocycles. The minimum absolute atomic E-state index is 0.575. The van der Waals surface area contributed by atoms with Crippen molar-refractivity contribution in [2.24, 2.45) is 0 Å². The predicted octanol–water partition coefficient (Wildman–Crippen LogP) is 3.46. The molecule has 1 saturated heterocycles. The predicted molar refractivity (Wildman–Crippen MR) is 78.8 cm³/mol. The number of fused-ring (bicyclic) bond motifs is 1. The van der Waals surface area contributed by atoms with E-state index in [9.17, 15) is 0 Å². The standard InChI is InChI=1S/C14H19NS2/c1-2-6-13-11(4-1)9-16-10-14(13)15-8-12-5-3-7-17-12/h1-2,4,6,12,14-15H,3,5,7-10H2. The molecule has 0 aliphatic carbocycles. The maximum atomic E-state index is 3.78. The number of rotatable bonds is 3. The zero-order valence-electron chi connectivity index (χ0n) is 10.0. The highest BCUT2D eigenvalue weighted by molar-refractivity contribution is 8.00. The zero-order chi connectivity index (χ0) is 11.5. The van der Waals surface area contributed by atoms with E-state index in [2.05, 4.69) is 53.1 Å². The van der Waals surface area contributed by atoms with Crippen LogP contribution in [0.4, 0.5) is 0 Å². The molecule has 92 valence electrons. The number of nitrogens with one attached hydrogen (secondary N) is 1. The summed E-state index contributed by atoms with van der Waals surface area (Å²) in [6, 6.07) is 9.49. The van der Waals surface area contributed by atoms with Crippen molar-refractivity contribution in [2.75, 3.05) is 18.1 Å². The normalized spacial score (nSPS) is 28.0. The Hall–Kier alpha value is -0.120. The van der Waals surface area contributed by atoms with Crippen molar-refractivity contribution in [3.63, 3.8) is 0 Å². The number of hydrogen-bond acceptors (Lipinski definition) is 3. The van der Waals surface area contributed by atoms with Crippen molar-refractivity contribution in [3.8, 4) is 0 Å². The van der Waals surface area contributed by atoms with Gasteiger partial charge in [-0.3, -0.25) is 0 Å². The molecule has 2 atom stereocenters. The summed E-state index contributed by atoms with van der Waals surface area (Å²) in [5.74, 6) is 3.78. The van der Waals surface area contributed by atoms with Gasteiger partial charge in [0.2, 0.25) is 0 Å². The van der Waals surface area contributed by atoms with Crippen molar-refractivity contribution in [3.05, 3.63) is 35.4 Å². The van der Waals surface area contributed by atoms with Gasteiger partial charge in [-0.2, -0.15) is 23.5 Å². The first-order valence-electron chi connectivity index (χ1n) is 6.44. The van der Waals surface area contributed by atoms with Gasteiger partial charge >= 0.3 is 0 Å². The first-order chi connectivity index (χ1) is 8.43. The maximum absolute atomic E-state index is 3.78. The zero-order valence-corrected chi connectivity index (χ0v) is 11.7. The monoisotopic (exact) mass is 265 g/mol. The summed E-state index contributed by atoms with van der Waals surface area (Å²) in [6.45, 7) is 1.18. The third-order valence-electron chi connectivity index (χ3n) is 3.59. The van der Waals surface area contributed by atoms with E-state index in [-0.39, 0.29) is 0 Å². The molecule has 2 unspecified atom stereocenters. The molecule has 0 bridgehead atoms. The second kappa shape index (κ2) is 5.68. The molecule has 1 N–H and O–H groups in total. The summed E-state index contributed by atoms with van der Waals surface area (Å²) >= 11 is 4.20. The molecular weight excluding hydrogens is 246 g/mol. The lowest BCUT2D eigenvalue weighted by molar-refractivity contribution is 0.560. The van der Waals surface area contributed by atoms with E-state index < -0.39 is 0 Å². The average Bonchev–Trinajstić information content (AvgIpc) is 2.89. The summed E-state index contributed by atoms with van der Waals surface area (Å²) in [6.07, 6.45) is 2.81. The molecule has 2 heterocycles. The van der Waals surface area contributed by atoms with Crippen LogP contribution in [0.25, 0.3) is 0 Å². The van der Waals surface area contributed by atoms with Gasteiger partial charge in [0.1, 0.15) is 0 Å². The van der Waals surface area contributed by atoms with Crippen molar-refractivity contribution in [1.29, 1.82) is 0 Å². The third kappa shape index (κ3) is 2.83. The topological polar surface area (TPSA) is 12.0 Å². The van der Waals surface area contributed by atoms with Gasteiger partial charge in [-0.25, -0.2) is 0 Å². The van der Waals surface area contributed by atoms with Crippen LogP contribution in [0.3, 0.4) is 0 Å². The van der Waals surface area contributed by atoms with E-state index in [1.54, 1.807) is 0 Å². The number of benzene rings is 1. The van der Waals surface area contributed by atoms with Gasteiger partial charge in [-0.15, -0.1) is 0 Å². The molecule has 1 fully saturated rings. The van der Waals surface area contributed by atoms with Crippen LogP contribution >= 0.6 is 23.5 Å². The Kier molecular flexibility index (Phi) is 3.99. The van der Waals surface area contributed by atoms with E-state index in [1.807, 2.05) is 0 Å². The Morgan fingerprint density at radius 1 is 1.29 bits per heavy atom. The van der Waals surface area contributed by atoms with Crippen LogP contribution in [0.5, 0.6) is 0 Å². The van der Waals surface area contributed by atoms with Crippen molar-refractivity contribution in [2.45, 2.75) is 29.9 Å². The van der Waals surface area contributed by atoms with Crippen LogP contribution in [0.2, 0.25) is 0 Å². The smallest absolute Gasteiger partial charge is 0.0415 e. The van der Waals surface area contributed by atoms with Crippen LogP contribution in [0, 0.1) is 0 Å². The fraction of sp³-hybridized carbons (Fsp3) is 0.571. The summed E-state index contributed by atoms with van der Waals surface area (Å²) in [5.41, 5.74) is 3.06. The summed E-state index contributed by atoms with van der Waals surface area (Å²) < 4.78 is 0.